The Bertz CT molecular complexity index is 1320. The Balaban J connectivity index is 1.51. The minimum atomic E-state index is -0.417. The molecule has 0 radical (unpaired) electrons. The molecule has 0 saturated carbocycles. The smallest absolute Gasteiger partial charge is 0.274 e. The fourth-order valence-electron chi connectivity index (χ4n) is 3.49. The van der Waals surface area contributed by atoms with Gasteiger partial charge in [0.2, 0.25) is 0 Å². The fraction of sp³-hybridized carbons (Fsp3) is 0.0435. The van der Waals surface area contributed by atoms with E-state index in [1.54, 1.807) is 24.3 Å². The SMILES string of the molecule is CN1C(=O)c2ccc(NC(=O)c3cc(-c4ccco4)nn3-c3ccccc3)cc2C1=O. The molecule has 0 atom stereocenters. The van der Waals surface area contributed by atoms with E-state index in [4.69, 9.17) is 4.42 Å². The molecular formula is C23H16N4O4. The lowest BCUT2D eigenvalue weighted by molar-refractivity contribution is 0.0692. The summed E-state index contributed by atoms with van der Waals surface area (Å²) in [6.45, 7) is 0. The van der Waals surface area contributed by atoms with E-state index in [0.29, 0.717) is 28.4 Å². The molecule has 3 amide bonds. The summed E-state index contributed by atoms with van der Waals surface area (Å²) in [7, 11) is 1.43. The quantitative estimate of drug-likeness (QED) is 0.517. The Labute approximate surface area is 176 Å². The summed E-state index contributed by atoms with van der Waals surface area (Å²) in [6.07, 6.45) is 1.54. The van der Waals surface area contributed by atoms with Gasteiger partial charge in [0, 0.05) is 18.8 Å². The van der Waals surface area contributed by atoms with Crippen LogP contribution in [0.5, 0.6) is 0 Å². The predicted molar refractivity (Wildman–Crippen MR) is 112 cm³/mol. The first-order valence-electron chi connectivity index (χ1n) is 9.50. The average Bonchev–Trinajstić information content (AvgIpc) is 3.51. The van der Waals surface area contributed by atoms with Crippen molar-refractivity contribution in [1.82, 2.24) is 14.7 Å². The average molecular weight is 412 g/mol. The number of benzene rings is 2. The second-order valence-corrected chi connectivity index (χ2v) is 7.02. The number of nitrogens with one attached hydrogen (secondary N) is 1. The first-order valence-corrected chi connectivity index (χ1v) is 9.50. The number of anilines is 1. The van der Waals surface area contributed by atoms with Gasteiger partial charge in [-0.25, -0.2) is 4.68 Å². The number of fused-ring (bicyclic) bond motifs is 1. The van der Waals surface area contributed by atoms with E-state index in [1.165, 1.54) is 30.1 Å². The van der Waals surface area contributed by atoms with Gasteiger partial charge in [-0.3, -0.25) is 19.3 Å². The summed E-state index contributed by atoms with van der Waals surface area (Å²) in [4.78, 5) is 38.5. The Morgan fingerprint density at radius 2 is 1.71 bits per heavy atom. The Kier molecular flexibility index (Phi) is 4.25. The number of amides is 3. The lowest BCUT2D eigenvalue weighted by Crippen LogP contribution is -2.24. The largest absolute Gasteiger partial charge is 0.463 e. The first-order chi connectivity index (χ1) is 15.0. The summed E-state index contributed by atoms with van der Waals surface area (Å²) >= 11 is 0. The number of imide groups is 1. The van der Waals surface area contributed by atoms with Crippen LogP contribution in [0.4, 0.5) is 5.69 Å². The van der Waals surface area contributed by atoms with Gasteiger partial charge in [-0.15, -0.1) is 0 Å². The molecule has 8 nitrogen and oxygen atoms in total. The molecule has 31 heavy (non-hydrogen) atoms. The van der Waals surface area contributed by atoms with Crippen molar-refractivity contribution in [3.8, 4) is 17.1 Å². The van der Waals surface area contributed by atoms with Crippen LogP contribution in [0.1, 0.15) is 31.2 Å². The number of hydrogen-bond acceptors (Lipinski definition) is 5. The van der Waals surface area contributed by atoms with E-state index in [0.717, 1.165) is 4.90 Å². The van der Waals surface area contributed by atoms with Crippen LogP contribution in [-0.2, 0) is 0 Å². The van der Waals surface area contributed by atoms with Crippen LogP contribution in [0.2, 0.25) is 0 Å². The molecule has 1 aliphatic rings. The zero-order valence-corrected chi connectivity index (χ0v) is 16.4. The van der Waals surface area contributed by atoms with Gasteiger partial charge in [0.1, 0.15) is 11.4 Å². The summed E-state index contributed by atoms with van der Waals surface area (Å²) in [6, 6.07) is 19.0. The van der Waals surface area contributed by atoms with Crippen molar-refractivity contribution >= 4 is 23.4 Å². The van der Waals surface area contributed by atoms with Crippen molar-refractivity contribution in [3.63, 3.8) is 0 Å². The van der Waals surface area contributed by atoms with E-state index in [1.807, 2.05) is 30.3 Å². The molecule has 0 spiro atoms. The van der Waals surface area contributed by atoms with Crippen LogP contribution in [-0.4, -0.2) is 39.4 Å². The monoisotopic (exact) mass is 412 g/mol. The fourth-order valence-corrected chi connectivity index (χ4v) is 3.49. The summed E-state index contributed by atoms with van der Waals surface area (Å²) in [5.41, 5.74) is 2.49. The Morgan fingerprint density at radius 1 is 0.935 bits per heavy atom. The lowest BCUT2D eigenvalue weighted by Gasteiger charge is -2.09. The van der Waals surface area contributed by atoms with Crippen molar-refractivity contribution in [2.24, 2.45) is 0 Å². The first kappa shape index (κ1) is 18.6. The van der Waals surface area contributed by atoms with Gasteiger partial charge in [-0.05, 0) is 42.5 Å². The lowest BCUT2D eigenvalue weighted by atomic mass is 10.1. The summed E-state index contributed by atoms with van der Waals surface area (Å²) in [5.74, 6) is -0.638. The molecule has 3 heterocycles. The molecule has 152 valence electrons. The number of furan rings is 1. The Morgan fingerprint density at radius 3 is 2.45 bits per heavy atom. The number of hydrogen-bond donors (Lipinski definition) is 1. The van der Waals surface area contributed by atoms with E-state index in [2.05, 4.69) is 10.4 Å². The minimum absolute atomic E-state index is 0.262. The van der Waals surface area contributed by atoms with Crippen LogP contribution < -0.4 is 5.32 Å². The standard InChI is InChI=1S/C23H16N4O4/c1-26-22(29)16-10-9-14(12-17(16)23(26)30)24-21(28)19-13-18(20-8-5-11-31-20)25-27(19)15-6-3-2-4-7-15/h2-13H,1H3,(H,24,28). The van der Waals surface area contributed by atoms with E-state index >= 15 is 0 Å². The third-order valence-electron chi connectivity index (χ3n) is 5.06. The van der Waals surface area contributed by atoms with Crippen LogP contribution >= 0.6 is 0 Å². The van der Waals surface area contributed by atoms with Crippen molar-refractivity contribution in [1.29, 1.82) is 0 Å². The summed E-state index contributed by atoms with van der Waals surface area (Å²) in [5, 5.41) is 7.33. The van der Waals surface area contributed by atoms with Crippen molar-refractivity contribution in [2.75, 3.05) is 12.4 Å². The minimum Gasteiger partial charge on any atom is -0.463 e. The molecule has 1 aliphatic heterocycles. The van der Waals surface area contributed by atoms with Gasteiger partial charge in [-0.2, -0.15) is 5.10 Å². The molecule has 0 fully saturated rings. The van der Waals surface area contributed by atoms with Crippen LogP contribution in [0.25, 0.3) is 17.1 Å². The highest BCUT2D eigenvalue weighted by Gasteiger charge is 2.33. The zero-order valence-electron chi connectivity index (χ0n) is 16.4. The molecule has 4 aromatic rings. The topological polar surface area (TPSA) is 97.4 Å². The molecule has 5 rings (SSSR count). The van der Waals surface area contributed by atoms with E-state index in [9.17, 15) is 14.4 Å². The van der Waals surface area contributed by atoms with Gasteiger partial charge < -0.3 is 9.73 Å². The molecule has 2 aromatic heterocycles. The highest BCUT2D eigenvalue weighted by molar-refractivity contribution is 6.21. The van der Waals surface area contributed by atoms with E-state index in [-0.39, 0.29) is 17.2 Å². The number of carbonyl (C=O) groups is 3. The van der Waals surface area contributed by atoms with Crippen molar-refractivity contribution < 1.29 is 18.8 Å². The van der Waals surface area contributed by atoms with Crippen molar-refractivity contribution in [3.05, 3.63) is 89.8 Å². The third-order valence-corrected chi connectivity index (χ3v) is 5.06. The molecule has 0 saturated heterocycles. The van der Waals surface area contributed by atoms with E-state index < -0.39 is 11.8 Å². The normalized spacial score (nSPS) is 12.9. The predicted octanol–water partition coefficient (Wildman–Crippen LogP) is 3.61. The van der Waals surface area contributed by atoms with Gasteiger partial charge in [0.05, 0.1) is 23.1 Å². The highest BCUT2D eigenvalue weighted by atomic mass is 16.3. The number of nitrogens with zero attached hydrogens (tertiary/aromatic N) is 3. The molecular weight excluding hydrogens is 396 g/mol. The molecule has 2 aromatic carbocycles. The second-order valence-electron chi connectivity index (χ2n) is 7.02. The Hall–Kier alpha value is -4.46. The number of para-hydroxylation sites is 1. The van der Waals surface area contributed by atoms with Crippen LogP contribution in [0.3, 0.4) is 0 Å². The number of carbonyl (C=O) groups excluding carboxylic acids is 3. The maximum absolute atomic E-state index is 13.1. The van der Waals surface area contributed by atoms with Gasteiger partial charge in [-0.1, -0.05) is 18.2 Å². The maximum atomic E-state index is 13.1. The molecule has 1 N–H and O–H groups in total. The van der Waals surface area contributed by atoms with Gasteiger partial charge in [0.15, 0.2) is 5.76 Å². The highest BCUT2D eigenvalue weighted by Crippen LogP contribution is 2.26. The third kappa shape index (κ3) is 3.10. The maximum Gasteiger partial charge on any atom is 0.274 e. The molecule has 0 unspecified atom stereocenters. The molecule has 0 aliphatic carbocycles. The van der Waals surface area contributed by atoms with Crippen LogP contribution in [0.15, 0.2) is 77.4 Å². The summed E-state index contributed by atoms with van der Waals surface area (Å²) < 4.78 is 6.95. The van der Waals surface area contributed by atoms with Crippen LogP contribution in [0, 0.1) is 0 Å². The second kappa shape index (κ2) is 7.10. The molecule has 8 heteroatoms. The number of aromatic nitrogens is 2. The van der Waals surface area contributed by atoms with Gasteiger partial charge >= 0.3 is 0 Å². The van der Waals surface area contributed by atoms with Gasteiger partial charge in [0.25, 0.3) is 17.7 Å². The molecule has 0 bridgehead atoms. The van der Waals surface area contributed by atoms with Crippen molar-refractivity contribution in [2.45, 2.75) is 0 Å². The zero-order chi connectivity index (χ0) is 21.5. The number of rotatable bonds is 4.